The van der Waals surface area contributed by atoms with Crippen molar-refractivity contribution in [1.29, 1.82) is 0 Å². The van der Waals surface area contributed by atoms with E-state index in [0.717, 1.165) is 23.2 Å². The first-order chi connectivity index (χ1) is 15.0. The summed E-state index contributed by atoms with van der Waals surface area (Å²) in [4.78, 5) is 11.6. The molecule has 0 saturated heterocycles. The zero-order chi connectivity index (χ0) is 21.8. The number of hydrogen-bond acceptors (Lipinski definition) is 6. The zero-order valence-electron chi connectivity index (χ0n) is 17.4. The van der Waals surface area contributed by atoms with Crippen molar-refractivity contribution in [1.82, 2.24) is 20.6 Å². The van der Waals surface area contributed by atoms with Crippen molar-refractivity contribution < 1.29 is 9.90 Å². The summed E-state index contributed by atoms with van der Waals surface area (Å²) in [6, 6.07) is 20.0. The normalized spacial score (nSPS) is 10.8. The Morgan fingerprint density at radius 3 is 2.52 bits per heavy atom. The summed E-state index contributed by atoms with van der Waals surface area (Å²) in [5.74, 6) is 0.474. The van der Waals surface area contributed by atoms with E-state index in [-0.39, 0.29) is 11.5 Å². The van der Waals surface area contributed by atoms with E-state index in [1.807, 2.05) is 18.2 Å². The zero-order valence-corrected chi connectivity index (χ0v) is 17.4. The average Bonchev–Trinajstić information content (AvgIpc) is 3.31. The molecule has 31 heavy (non-hydrogen) atoms. The number of aromatic nitrogens is 4. The lowest BCUT2D eigenvalue weighted by Gasteiger charge is -2.13. The first-order valence-electron chi connectivity index (χ1n) is 9.99. The predicted octanol–water partition coefficient (Wildman–Crippen LogP) is 4.29. The monoisotopic (exact) mass is 413 g/mol. The molecule has 4 rings (SSSR count). The number of ketones is 1. The summed E-state index contributed by atoms with van der Waals surface area (Å²) in [5, 5.41) is 27.7. The molecule has 0 bridgehead atoms. The van der Waals surface area contributed by atoms with Crippen molar-refractivity contribution in [3.05, 3.63) is 88.5 Å². The van der Waals surface area contributed by atoms with Crippen LogP contribution in [0.3, 0.4) is 0 Å². The Morgan fingerprint density at radius 1 is 1.03 bits per heavy atom. The van der Waals surface area contributed by atoms with Crippen LogP contribution in [0.5, 0.6) is 5.75 Å². The summed E-state index contributed by atoms with van der Waals surface area (Å²) in [6.45, 7) is 3.87. The number of hydrogen-bond donors (Lipinski definition) is 3. The van der Waals surface area contributed by atoms with Crippen LogP contribution in [0.4, 0.5) is 5.69 Å². The fourth-order valence-electron chi connectivity index (χ4n) is 3.49. The Bertz CT molecular complexity index is 1200. The molecule has 4 aromatic rings. The fourth-order valence-corrected chi connectivity index (χ4v) is 3.49. The molecule has 0 saturated carbocycles. The molecule has 3 aromatic carbocycles. The van der Waals surface area contributed by atoms with Crippen molar-refractivity contribution in [2.24, 2.45) is 0 Å². The molecule has 0 fully saturated rings. The van der Waals surface area contributed by atoms with Crippen LogP contribution < -0.4 is 5.32 Å². The molecule has 7 nitrogen and oxygen atoms in total. The molecule has 3 N–H and O–H groups in total. The van der Waals surface area contributed by atoms with Gasteiger partial charge in [-0.3, -0.25) is 4.79 Å². The van der Waals surface area contributed by atoms with E-state index < -0.39 is 0 Å². The number of aromatic hydroxyl groups is 1. The first-order valence-corrected chi connectivity index (χ1v) is 9.99. The van der Waals surface area contributed by atoms with Gasteiger partial charge in [-0.05, 0) is 60.4 Å². The van der Waals surface area contributed by atoms with E-state index in [1.165, 1.54) is 18.1 Å². The number of carbonyl (C=O) groups is 1. The number of phenolic OH excluding ortho intramolecular Hbond substituents is 1. The summed E-state index contributed by atoms with van der Waals surface area (Å²) in [5.41, 5.74) is 6.25. The SMILES string of the molecule is CC(=O)c1ccc(NCc2ccc(Cc3cccc(-c4nn[nH]n4)c3)cc2)c(C)c1O. The van der Waals surface area contributed by atoms with Gasteiger partial charge in [-0.2, -0.15) is 5.21 Å². The predicted molar refractivity (Wildman–Crippen MR) is 119 cm³/mol. The van der Waals surface area contributed by atoms with E-state index in [2.05, 4.69) is 62.3 Å². The summed E-state index contributed by atoms with van der Waals surface area (Å²) in [7, 11) is 0. The smallest absolute Gasteiger partial charge is 0.204 e. The second kappa shape index (κ2) is 8.79. The third-order valence-electron chi connectivity index (χ3n) is 5.26. The number of H-pyrrole nitrogens is 1. The number of Topliss-reactive ketones (excluding diaryl/α,β-unsaturated/α-hetero) is 1. The Kier molecular flexibility index (Phi) is 5.75. The van der Waals surface area contributed by atoms with Crippen molar-refractivity contribution in [3.8, 4) is 17.1 Å². The van der Waals surface area contributed by atoms with Crippen LogP contribution in [-0.2, 0) is 13.0 Å². The Balaban J connectivity index is 1.41. The molecule has 0 amide bonds. The van der Waals surface area contributed by atoms with Crippen molar-refractivity contribution in [2.75, 3.05) is 5.32 Å². The molecule has 1 heterocycles. The number of aromatic amines is 1. The van der Waals surface area contributed by atoms with Gasteiger partial charge in [-0.25, -0.2) is 0 Å². The second-order valence-electron chi connectivity index (χ2n) is 7.47. The average molecular weight is 413 g/mol. The quantitative estimate of drug-likeness (QED) is 0.391. The summed E-state index contributed by atoms with van der Waals surface area (Å²) < 4.78 is 0. The Labute approximate surface area is 180 Å². The lowest BCUT2D eigenvalue weighted by molar-refractivity contribution is 0.101. The van der Waals surface area contributed by atoms with Gasteiger partial charge in [0, 0.05) is 23.4 Å². The molecule has 156 valence electrons. The molecule has 0 aliphatic heterocycles. The van der Waals surface area contributed by atoms with Gasteiger partial charge >= 0.3 is 0 Å². The Morgan fingerprint density at radius 2 is 1.81 bits per heavy atom. The fraction of sp³-hybridized carbons (Fsp3) is 0.167. The standard InChI is InChI=1S/C24H23N5O2/c1-15-22(11-10-21(16(2)30)23(15)31)25-14-18-8-6-17(7-9-18)12-19-4-3-5-20(13-19)24-26-28-29-27-24/h3-11,13,25,31H,12,14H2,1-2H3,(H,26,27,28,29). The lowest BCUT2D eigenvalue weighted by Crippen LogP contribution is -2.03. The van der Waals surface area contributed by atoms with Gasteiger partial charge in [0.2, 0.25) is 5.82 Å². The second-order valence-corrected chi connectivity index (χ2v) is 7.47. The number of nitrogens with one attached hydrogen (secondary N) is 2. The Hall–Kier alpha value is -4.00. The highest BCUT2D eigenvalue weighted by Crippen LogP contribution is 2.29. The summed E-state index contributed by atoms with van der Waals surface area (Å²) in [6.07, 6.45) is 0.804. The molecular formula is C24H23N5O2. The van der Waals surface area contributed by atoms with Crippen LogP contribution >= 0.6 is 0 Å². The molecule has 0 spiro atoms. The van der Waals surface area contributed by atoms with E-state index in [9.17, 15) is 9.90 Å². The highest BCUT2D eigenvalue weighted by molar-refractivity contribution is 5.97. The maximum absolute atomic E-state index is 11.6. The number of carbonyl (C=O) groups excluding carboxylic acids is 1. The van der Waals surface area contributed by atoms with Crippen LogP contribution in [-0.4, -0.2) is 31.5 Å². The number of nitrogens with zero attached hydrogens (tertiary/aromatic N) is 3. The van der Waals surface area contributed by atoms with Crippen LogP contribution in [0.15, 0.2) is 60.7 Å². The largest absolute Gasteiger partial charge is 0.507 e. The van der Waals surface area contributed by atoms with Gasteiger partial charge in [0.25, 0.3) is 0 Å². The first kappa shape index (κ1) is 20.3. The van der Waals surface area contributed by atoms with Crippen molar-refractivity contribution in [2.45, 2.75) is 26.8 Å². The third kappa shape index (κ3) is 4.61. The van der Waals surface area contributed by atoms with Crippen molar-refractivity contribution >= 4 is 11.5 Å². The van der Waals surface area contributed by atoms with Crippen LogP contribution in [0, 0.1) is 6.92 Å². The molecule has 0 radical (unpaired) electrons. The molecule has 0 aliphatic carbocycles. The highest BCUT2D eigenvalue weighted by Gasteiger charge is 2.12. The molecule has 0 atom stereocenters. The molecule has 0 aliphatic rings. The molecule has 0 unspecified atom stereocenters. The molecule has 1 aromatic heterocycles. The van der Waals surface area contributed by atoms with E-state index in [1.54, 1.807) is 13.0 Å². The number of anilines is 1. The molecular weight excluding hydrogens is 390 g/mol. The maximum Gasteiger partial charge on any atom is 0.204 e. The van der Waals surface area contributed by atoms with Gasteiger partial charge < -0.3 is 10.4 Å². The number of tetrazole rings is 1. The lowest BCUT2D eigenvalue weighted by atomic mass is 10.0. The summed E-state index contributed by atoms with van der Waals surface area (Å²) >= 11 is 0. The van der Waals surface area contributed by atoms with E-state index in [0.29, 0.717) is 23.5 Å². The number of benzene rings is 3. The minimum atomic E-state index is -0.148. The van der Waals surface area contributed by atoms with Crippen LogP contribution in [0.25, 0.3) is 11.4 Å². The van der Waals surface area contributed by atoms with E-state index >= 15 is 0 Å². The minimum Gasteiger partial charge on any atom is -0.507 e. The van der Waals surface area contributed by atoms with Gasteiger partial charge in [0.05, 0.1) is 5.56 Å². The van der Waals surface area contributed by atoms with Crippen molar-refractivity contribution in [3.63, 3.8) is 0 Å². The maximum atomic E-state index is 11.6. The van der Waals surface area contributed by atoms with Crippen LogP contribution in [0.2, 0.25) is 0 Å². The topological polar surface area (TPSA) is 104 Å². The van der Waals surface area contributed by atoms with Gasteiger partial charge in [-0.1, -0.05) is 42.5 Å². The molecule has 7 heteroatoms. The van der Waals surface area contributed by atoms with Gasteiger partial charge in [0.1, 0.15) is 5.75 Å². The number of rotatable bonds is 7. The van der Waals surface area contributed by atoms with Gasteiger partial charge in [0.15, 0.2) is 5.78 Å². The third-order valence-corrected chi connectivity index (χ3v) is 5.26. The minimum absolute atomic E-state index is 0.0379. The highest BCUT2D eigenvalue weighted by atomic mass is 16.3. The van der Waals surface area contributed by atoms with E-state index in [4.69, 9.17) is 0 Å². The van der Waals surface area contributed by atoms with Gasteiger partial charge in [-0.15, -0.1) is 10.2 Å². The number of phenols is 1. The van der Waals surface area contributed by atoms with Crippen LogP contribution in [0.1, 0.15) is 39.5 Å².